The highest BCUT2D eigenvalue weighted by atomic mass is 16.5. The maximum atomic E-state index is 6.33. The van der Waals surface area contributed by atoms with Gasteiger partial charge in [-0.3, -0.25) is 0 Å². The molecule has 0 radical (unpaired) electrons. The highest BCUT2D eigenvalue weighted by Gasteiger charge is 2.25. The third kappa shape index (κ3) is 6.20. The van der Waals surface area contributed by atoms with E-state index in [4.69, 9.17) is 14.2 Å². The Morgan fingerprint density at radius 1 is 0.879 bits per heavy atom. The van der Waals surface area contributed by atoms with Crippen LogP contribution in [0.15, 0.2) is 72.8 Å². The summed E-state index contributed by atoms with van der Waals surface area (Å²) in [5.74, 6) is 2.54. The Bertz CT molecular complexity index is 1010. The molecule has 3 aromatic carbocycles. The largest absolute Gasteiger partial charge is 0.493 e. The fourth-order valence-electron chi connectivity index (χ4n) is 4.33. The number of nitrogens with zero attached hydrogens (tertiary/aromatic N) is 1. The second-order valence-corrected chi connectivity index (χ2v) is 8.41. The van der Waals surface area contributed by atoms with E-state index < -0.39 is 0 Å². The molecule has 1 aliphatic rings. The monoisotopic (exact) mass is 446 g/mol. The summed E-state index contributed by atoms with van der Waals surface area (Å²) in [6.45, 7) is 3.73. The fourth-order valence-corrected chi connectivity index (χ4v) is 4.33. The number of nitrogens with one attached hydrogen (secondary N) is 1. The van der Waals surface area contributed by atoms with Gasteiger partial charge in [0.15, 0.2) is 11.5 Å². The first kappa shape index (κ1) is 23.0. The first-order chi connectivity index (χ1) is 16.3. The number of fused-ring (bicyclic) bond motifs is 1. The van der Waals surface area contributed by atoms with Gasteiger partial charge in [-0.25, -0.2) is 0 Å². The van der Waals surface area contributed by atoms with Gasteiger partial charge in [0.25, 0.3) is 0 Å². The Morgan fingerprint density at radius 2 is 1.67 bits per heavy atom. The molecule has 3 aromatic rings. The van der Waals surface area contributed by atoms with Crippen LogP contribution in [0.25, 0.3) is 0 Å². The highest BCUT2D eigenvalue weighted by Crippen LogP contribution is 2.35. The van der Waals surface area contributed by atoms with Crippen molar-refractivity contribution in [2.45, 2.75) is 31.9 Å². The predicted octanol–water partition coefficient (Wildman–Crippen LogP) is 5.08. The summed E-state index contributed by atoms with van der Waals surface area (Å²) in [5, 5.41) is 3.57. The van der Waals surface area contributed by atoms with Crippen LogP contribution in [-0.4, -0.2) is 40.0 Å². The first-order valence-corrected chi connectivity index (χ1v) is 11.7. The molecule has 0 aromatic heterocycles. The molecule has 1 heterocycles. The van der Waals surface area contributed by atoms with E-state index in [1.54, 1.807) is 14.2 Å². The van der Waals surface area contributed by atoms with Crippen LogP contribution < -0.4 is 24.4 Å². The summed E-state index contributed by atoms with van der Waals surface area (Å²) in [7, 11) is 3.33. The molecule has 0 amide bonds. The lowest BCUT2D eigenvalue weighted by Crippen LogP contribution is -2.40. The maximum Gasteiger partial charge on any atom is 0.160 e. The molecule has 0 spiro atoms. The number of para-hydroxylation sites is 2. The van der Waals surface area contributed by atoms with Crippen LogP contribution >= 0.6 is 0 Å². The molecule has 33 heavy (non-hydrogen) atoms. The van der Waals surface area contributed by atoms with Gasteiger partial charge in [0.2, 0.25) is 0 Å². The minimum Gasteiger partial charge on any atom is -0.493 e. The zero-order valence-corrected chi connectivity index (χ0v) is 19.6. The van der Waals surface area contributed by atoms with Crippen LogP contribution in [0.2, 0.25) is 0 Å². The van der Waals surface area contributed by atoms with Gasteiger partial charge in [0.1, 0.15) is 11.9 Å². The summed E-state index contributed by atoms with van der Waals surface area (Å²) < 4.78 is 17.0. The lowest BCUT2D eigenvalue weighted by molar-refractivity contribution is 0.180. The Hall–Kier alpha value is -3.18. The highest BCUT2D eigenvalue weighted by molar-refractivity contribution is 5.60. The van der Waals surface area contributed by atoms with Crippen molar-refractivity contribution in [3.63, 3.8) is 0 Å². The number of hydrogen-bond acceptors (Lipinski definition) is 5. The second-order valence-electron chi connectivity index (χ2n) is 8.41. The van der Waals surface area contributed by atoms with Gasteiger partial charge in [-0.15, -0.1) is 0 Å². The Balaban J connectivity index is 1.23. The smallest absolute Gasteiger partial charge is 0.160 e. The number of benzene rings is 3. The van der Waals surface area contributed by atoms with Gasteiger partial charge in [-0.1, -0.05) is 48.5 Å². The normalized spacial score (nSPS) is 15.0. The fraction of sp³-hybridized carbons (Fsp3) is 0.357. The molecular weight excluding hydrogens is 412 g/mol. The zero-order chi connectivity index (χ0) is 22.9. The molecule has 1 unspecified atom stereocenters. The van der Waals surface area contributed by atoms with Crippen LogP contribution in [0.4, 0.5) is 5.69 Å². The second kappa shape index (κ2) is 11.6. The molecule has 1 atom stereocenters. The molecule has 1 aliphatic heterocycles. The van der Waals surface area contributed by atoms with E-state index in [-0.39, 0.29) is 6.10 Å². The van der Waals surface area contributed by atoms with E-state index in [0.29, 0.717) is 0 Å². The van der Waals surface area contributed by atoms with Crippen LogP contribution in [0.3, 0.4) is 0 Å². The van der Waals surface area contributed by atoms with E-state index in [1.807, 2.05) is 6.07 Å². The first-order valence-electron chi connectivity index (χ1n) is 11.7. The number of ether oxygens (including phenoxy) is 3. The van der Waals surface area contributed by atoms with Crippen molar-refractivity contribution in [2.75, 3.05) is 38.8 Å². The molecule has 174 valence electrons. The van der Waals surface area contributed by atoms with Gasteiger partial charge < -0.3 is 24.4 Å². The molecule has 4 rings (SSSR count). The van der Waals surface area contributed by atoms with E-state index >= 15 is 0 Å². The molecule has 0 saturated carbocycles. The quantitative estimate of drug-likeness (QED) is 0.416. The van der Waals surface area contributed by atoms with Crippen molar-refractivity contribution in [2.24, 2.45) is 0 Å². The molecule has 0 aliphatic carbocycles. The van der Waals surface area contributed by atoms with E-state index in [1.165, 1.54) is 16.8 Å². The van der Waals surface area contributed by atoms with Crippen molar-refractivity contribution < 1.29 is 14.2 Å². The summed E-state index contributed by atoms with van der Waals surface area (Å²) in [4.78, 5) is 2.45. The number of anilines is 1. The van der Waals surface area contributed by atoms with Gasteiger partial charge in [0, 0.05) is 6.54 Å². The third-order valence-electron chi connectivity index (χ3n) is 6.06. The molecule has 5 nitrogen and oxygen atoms in total. The summed E-state index contributed by atoms with van der Waals surface area (Å²) in [6.07, 6.45) is 3.27. The van der Waals surface area contributed by atoms with Crippen molar-refractivity contribution in [3.8, 4) is 17.2 Å². The lowest BCUT2D eigenvalue weighted by Gasteiger charge is -2.36. The van der Waals surface area contributed by atoms with E-state index in [0.717, 1.165) is 62.7 Å². The summed E-state index contributed by atoms with van der Waals surface area (Å²) >= 11 is 0. The maximum absolute atomic E-state index is 6.33. The standard InChI is InChI=1S/C28H34N2O3/c1-31-27-15-14-22(19-28(27)32-2)16-18-29-17-8-11-24-21-30(20-23-9-4-3-5-10-23)25-12-6-7-13-26(25)33-24/h3-7,9-10,12-15,19,24,29H,8,11,16-18,20-21H2,1-2H3. The molecule has 1 N–H and O–H groups in total. The van der Waals surface area contributed by atoms with Gasteiger partial charge in [0.05, 0.1) is 26.5 Å². The number of hydrogen-bond donors (Lipinski definition) is 1. The molecule has 0 saturated heterocycles. The van der Waals surface area contributed by atoms with E-state index in [2.05, 4.69) is 76.9 Å². The van der Waals surface area contributed by atoms with Crippen molar-refractivity contribution >= 4 is 5.69 Å². The van der Waals surface area contributed by atoms with Crippen LogP contribution in [0.1, 0.15) is 24.0 Å². The average Bonchev–Trinajstić information content (AvgIpc) is 2.86. The summed E-state index contributed by atoms with van der Waals surface area (Å²) in [5.41, 5.74) is 3.75. The topological polar surface area (TPSA) is 43.0 Å². The minimum absolute atomic E-state index is 0.205. The Kier molecular flexibility index (Phi) is 8.09. The number of methoxy groups -OCH3 is 2. The van der Waals surface area contributed by atoms with Gasteiger partial charge >= 0.3 is 0 Å². The minimum atomic E-state index is 0.205. The van der Waals surface area contributed by atoms with Crippen molar-refractivity contribution in [1.82, 2.24) is 5.32 Å². The predicted molar refractivity (Wildman–Crippen MR) is 134 cm³/mol. The average molecular weight is 447 g/mol. The molecular formula is C28H34N2O3. The van der Waals surface area contributed by atoms with Crippen molar-refractivity contribution in [1.29, 1.82) is 0 Å². The van der Waals surface area contributed by atoms with Crippen molar-refractivity contribution in [3.05, 3.63) is 83.9 Å². The van der Waals surface area contributed by atoms with Crippen LogP contribution in [-0.2, 0) is 13.0 Å². The Labute approximate surface area is 197 Å². The van der Waals surface area contributed by atoms with E-state index in [9.17, 15) is 0 Å². The third-order valence-corrected chi connectivity index (χ3v) is 6.06. The van der Waals surface area contributed by atoms with Crippen LogP contribution in [0, 0.1) is 0 Å². The summed E-state index contributed by atoms with van der Waals surface area (Å²) in [6, 6.07) is 25.1. The number of rotatable bonds is 11. The molecule has 0 bridgehead atoms. The zero-order valence-electron chi connectivity index (χ0n) is 19.6. The lowest BCUT2D eigenvalue weighted by atomic mass is 10.1. The Morgan fingerprint density at radius 3 is 2.48 bits per heavy atom. The van der Waals surface area contributed by atoms with Gasteiger partial charge in [-0.2, -0.15) is 0 Å². The molecule has 5 heteroatoms. The van der Waals surface area contributed by atoms with Gasteiger partial charge in [-0.05, 0) is 67.7 Å². The van der Waals surface area contributed by atoms with Crippen LogP contribution in [0.5, 0.6) is 17.2 Å². The SMILES string of the molecule is COc1ccc(CCNCCCC2CN(Cc3ccccc3)c3ccccc3O2)cc1OC. The molecule has 0 fully saturated rings.